The third-order valence-corrected chi connectivity index (χ3v) is 4.22. The van der Waals surface area contributed by atoms with E-state index in [0.29, 0.717) is 18.3 Å². The lowest BCUT2D eigenvalue weighted by molar-refractivity contribution is -0.132. The highest BCUT2D eigenvalue weighted by Crippen LogP contribution is 2.38. The van der Waals surface area contributed by atoms with Crippen LogP contribution in [-0.2, 0) is 4.79 Å². The van der Waals surface area contributed by atoms with E-state index in [-0.39, 0.29) is 11.7 Å². The van der Waals surface area contributed by atoms with Crippen LogP contribution in [0.25, 0.3) is 0 Å². The Balaban J connectivity index is 2.00. The number of hydrogen-bond donors (Lipinski definition) is 2. The summed E-state index contributed by atoms with van der Waals surface area (Å²) in [6, 6.07) is 0. The summed E-state index contributed by atoms with van der Waals surface area (Å²) in [4.78, 5) is 14.2. The number of rotatable bonds is 3. The first-order chi connectivity index (χ1) is 8.17. The summed E-state index contributed by atoms with van der Waals surface area (Å²) >= 11 is 0. The monoisotopic (exact) mass is 239 g/mol. The molecule has 0 spiro atoms. The van der Waals surface area contributed by atoms with Crippen molar-refractivity contribution in [3.63, 3.8) is 0 Å². The highest BCUT2D eigenvalue weighted by Gasteiger charge is 2.40. The number of carbonyl (C=O) groups excluding carboxylic acids is 1. The van der Waals surface area contributed by atoms with Crippen molar-refractivity contribution in [3.05, 3.63) is 0 Å². The predicted molar refractivity (Wildman–Crippen MR) is 64.6 cm³/mol. The average Bonchev–Trinajstić information content (AvgIpc) is 2.89. The summed E-state index contributed by atoms with van der Waals surface area (Å²) < 4.78 is 0. The van der Waals surface area contributed by atoms with Crippen LogP contribution >= 0.6 is 0 Å². The van der Waals surface area contributed by atoms with Crippen molar-refractivity contribution in [2.75, 3.05) is 13.1 Å². The SMILES string of the molecule is CCC(C(=O)N1CC2CCCC2C1)C(N)=NO. The van der Waals surface area contributed by atoms with Crippen molar-refractivity contribution in [1.29, 1.82) is 0 Å². The van der Waals surface area contributed by atoms with E-state index in [9.17, 15) is 4.79 Å². The second-order valence-electron chi connectivity index (χ2n) is 5.18. The molecule has 1 saturated carbocycles. The number of nitrogens with two attached hydrogens (primary N) is 1. The first kappa shape index (κ1) is 12.2. The third-order valence-electron chi connectivity index (χ3n) is 4.22. The number of fused-ring (bicyclic) bond motifs is 1. The number of carbonyl (C=O) groups is 1. The molecule has 0 aromatic heterocycles. The van der Waals surface area contributed by atoms with Crippen LogP contribution in [0.1, 0.15) is 32.6 Å². The van der Waals surface area contributed by atoms with E-state index < -0.39 is 5.92 Å². The molecule has 17 heavy (non-hydrogen) atoms. The maximum absolute atomic E-state index is 12.3. The molecule has 0 aromatic rings. The summed E-state index contributed by atoms with van der Waals surface area (Å²) in [5.41, 5.74) is 5.56. The van der Waals surface area contributed by atoms with Crippen molar-refractivity contribution < 1.29 is 10.0 Å². The van der Waals surface area contributed by atoms with Crippen LogP contribution in [0.3, 0.4) is 0 Å². The third kappa shape index (κ3) is 2.23. The van der Waals surface area contributed by atoms with Gasteiger partial charge in [0.15, 0.2) is 5.84 Å². The molecule has 2 aliphatic rings. The van der Waals surface area contributed by atoms with Crippen LogP contribution in [0.4, 0.5) is 0 Å². The second kappa shape index (κ2) is 4.94. The maximum atomic E-state index is 12.3. The molecule has 2 fully saturated rings. The van der Waals surface area contributed by atoms with Crippen LogP contribution < -0.4 is 5.73 Å². The first-order valence-electron chi connectivity index (χ1n) is 6.43. The molecule has 3 unspecified atom stereocenters. The Labute approximate surface area is 102 Å². The Morgan fingerprint density at radius 2 is 2.06 bits per heavy atom. The zero-order chi connectivity index (χ0) is 12.4. The molecular formula is C12H21N3O2. The predicted octanol–water partition coefficient (Wildman–Crippen LogP) is 1.02. The van der Waals surface area contributed by atoms with Gasteiger partial charge in [0.05, 0.1) is 5.92 Å². The lowest BCUT2D eigenvalue weighted by Gasteiger charge is -2.22. The Morgan fingerprint density at radius 1 is 1.47 bits per heavy atom. The number of oxime groups is 1. The Bertz CT molecular complexity index is 318. The lowest BCUT2D eigenvalue weighted by Crippen LogP contribution is -2.41. The highest BCUT2D eigenvalue weighted by molar-refractivity contribution is 6.02. The number of amidine groups is 1. The van der Waals surface area contributed by atoms with E-state index in [1.54, 1.807) is 0 Å². The van der Waals surface area contributed by atoms with Crippen molar-refractivity contribution in [1.82, 2.24) is 4.90 Å². The molecule has 5 nitrogen and oxygen atoms in total. The summed E-state index contributed by atoms with van der Waals surface area (Å²) in [6.45, 7) is 3.61. The van der Waals surface area contributed by atoms with Gasteiger partial charge >= 0.3 is 0 Å². The Kier molecular flexibility index (Phi) is 3.54. The minimum absolute atomic E-state index is 0.0252. The van der Waals surface area contributed by atoms with Crippen molar-refractivity contribution in [2.24, 2.45) is 28.6 Å². The van der Waals surface area contributed by atoms with Crippen LogP contribution in [0.2, 0.25) is 0 Å². The minimum Gasteiger partial charge on any atom is -0.409 e. The van der Waals surface area contributed by atoms with Crippen molar-refractivity contribution in [3.8, 4) is 0 Å². The standard InChI is InChI=1S/C12H21N3O2/c1-2-10(11(13)14-17)12(16)15-6-8-4-3-5-9(8)7-15/h8-10,17H,2-7H2,1H3,(H2,13,14). The molecule has 0 radical (unpaired) electrons. The highest BCUT2D eigenvalue weighted by atomic mass is 16.4. The average molecular weight is 239 g/mol. The Morgan fingerprint density at radius 3 is 2.53 bits per heavy atom. The molecule has 1 heterocycles. The van der Waals surface area contributed by atoms with Gasteiger partial charge in [-0.05, 0) is 31.1 Å². The van der Waals surface area contributed by atoms with Crippen LogP contribution in [0.5, 0.6) is 0 Å². The van der Waals surface area contributed by atoms with Gasteiger partial charge in [-0.3, -0.25) is 4.79 Å². The summed E-state index contributed by atoms with van der Waals surface area (Å²) in [6.07, 6.45) is 4.37. The van der Waals surface area contributed by atoms with Gasteiger partial charge in [-0.15, -0.1) is 0 Å². The van der Waals surface area contributed by atoms with Gasteiger partial charge in [0.1, 0.15) is 0 Å². The largest absolute Gasteiger partial charge is 0.409 e. The van der Waals surface area contributed by atoms with Crippen molar-refractivity contribution in [2.45, 2.75) is 32.6 Å². The molecule has 1 aliphatic heterocycles. The number of hydrogen-bond acceptors (Lipinski definition) is 3. The molecular weight excluding hydrogens is 218 g/mol. The number of amides is 1. The first-order valence-corrected chi connectivity index (χ1v) is 6.43. The summed E-state index contributed by atoms with van der Waals surface area (Å²) in [5, 5.41) is 11.7. The van der Waals surface area contributed by atoms with Gasteiger partial charge in [0.2, 0.25) is 5.91 Å². The topological polar surface area (TPSA) is 78.9 Å². The van der Waals surface area contributed by atoms with E-state index in [4.69, 9.17) is 10.9 Å². The van der Waals surface area contributed by atoms with Gasteiger partial charge in [-0.25, -0.2) is 0 Å². The molecule has 0 aromatic carbocycles. The Hall–Kier alpha value is -1.26. The molecule has 3 N–H and O–H groups in total. The number of likely N-dealkylation sites (tertiary alicyclic amines) is 1. The maximum Gasteiger partial charge on any atom is 0.233 e. The number of nitrogens with zero attached hydrogens (tertiary/aromatic N) is 2. The van der Waals surface area contributed by atoms with E-state index in [2.05, 4.69) is 5.16 Å². The summed E-state index contributed by atoms with van der Waals surface area (Å²) in [5.74, 6) is 0.970. The van der Waals surface area contributed by atoms with E-state index in [1.165, 1.54) is 19.3 Å². The fraction of sp³-hybridized carbons (Fsp3) is 0.833. The van der Waals surface area contributed by atoms with Crippen LogP contribution in [0.15, 0.2) is 5.16 Å². The smallest absolute Gasteiger partial charge is 0.233 e. The molecule has 2 rings (SSSR count). The van der Waals surface area contributed by atoms with E-state index in [0.717, 1.165) is 13.1 Å². The quantitative estimate of drug-likeness (QED) is 0.334. The van der Waals surface area contributed by atoms with Gasteiger partial charge in [-0.2, -0.15) is 0 Å². The fourth-order valence-electron chi connectivity index (χ4n) is 3.22. The summed E-state index contributed by atoms with van der Waals surface area (Å²) in [7, 11) is 0. The lowest BCUT2D eigenvalue weighted by atomic mass is 10.0. The molecule has 0 bridgehead atoms. The van der Waals surface area contributed by atoms with E-state index in [1.807, 2.05) is 11.8 Å². The zero-order valence-electron chi connectivity index (χ0n) is 10.3. The fourth-order valence-corrected chi connectivity index (χ4v) is 3.22. The molecule has 1 amide bonds. The van der Waals surface area contributed by atoms with Gasteiger partial charge < -0.3 is 15.8 Å². The van der Waals surface area contributed by atoms with Crippen LogP contribution in [-0.4, -0.2) is 34.9 Å². The van der Waals surface area contributed by atoms with Gasteiger partial charge in [-0.1, -0.05) is 18.5 Å². The molecule has 1 saturated heterocycles. The molecule has 1 aliphatic carbocycles. The molecule has 96 valence electrons. The van der Waals surface area contributed by atoms with E-state index >= 15 is 0 Å². The molecule has 5 heteroatoms. The second-order valence-corrected chi connectivity index (χ2v) is 5.18. The normalized spacial score (nSPS) is 30.4. The molecule has 3 atom stereocenters. The minimum atomic E-state index is -0.459. The van der Waals surface area contributed by atoms with Crippen LogP contribution in [0, 0.1) is 17.8 Å². The van der Waals surface area contributed by atoms with Gasteiger partial charge in [0.25, 0.3) is 0 Å². The van der Waals surface area contributed by atoms with Gasteiger partial charge in [0, 0.05) is 13.1 Å². The zero-order valence-corrected chi connectivity index (χ0v) is 10.3. The van der Waals surface area contributed by atoms with Crippen molar-refractivity contribution >= 4 is 11.7 Å².